The van der Waals surface area contributed by atoms with Crippen LogP contribution in [0.1, 0.15) is 27.5 Å². The van der Waals surface area contributed by atoms with Crippen molar-refractivity contribution < 1.29 is 9.21 Å². The summed E-state index contributed by atoms with van der Waals surface area (Å²) in [7, 11) is 0. The minimum atomic E-state index is -0.539. The van der Waals surface area contributed by atoms with E-state index in [-0.39, 0.29) is 30.6 Å². The lowest BCUT2D eigenvalue weighted by Gasteiger charge is -2.36. The molecular formula is C26H30Cl2N4O2. The van der Waals surface area contributed by atoms with Gasteiger partial charge in [0, 0.05) is 60.9 Å². The van der Waals surface area contributed by atoms with Gasteiger partial charge in [-0.1, -0.05) is 18.2 Å². The number of aromatic nitrogens is 1. The van der Waals surface area contributed by atoms with Crippen molar-refractivity contribution in [1.29, 1.82) is 0 Å². The molecule has 180 valence electrons. The van der Waals surface area contributed by atoms with Gasteiger partial charge in [-0.15, -0.1) is 24.8 Å². The Balaban J connectivity index is 0.00000162. The Morgan fingerprint density at radius 1 is 0.912 bits per heavy atom. The SMILES string of the molecule is Cc1cc(CN2CCN(c3ccc4oc(C(N)=O)cc4c3)CC2)c(C)n1-c1ccccc1.Cl.Cl. The monoisotopic (exact) mass is 500 g/mol. The molecule has 0 radical (unpaired) electrons. The van der Waals surface area contributed by atoms with Gasteiger partial charge in [-0.25, -0.2) is 0 Å². The Morgan fingerprint density at radius 2 is 1.62 bits per heavy atom. The standard InChI is InChI=1S/C26H28N4O2.2ClH/c1-18-14-21(19(2)30(18)22-6-4-3-5-7-22)17-28-10-12-29(13-11-28)23-8-9-24-20(15-23)16-25(32-24)26(27)31;;/h3-9,14-16H,10-13,17H2,1-2H3,(H2,27,31);2*1H. The van der Waals surface area contributed by atoms with Gasteiger partial charge in [0.15, 0.2) is 5.76 Å². The number of para-hydroxylation sites is 1. The molecule has 1 fully saturated rings. The quantitative estimate of drug-likeness (QED) is 0.413. The molecule has 3 heterocycles. The van der Waals surface area contributed by atoms with Crippen molar-refractivity contribution in [3.8, 4) is 5.69 Å². The van der Waals surface area contributed by atoms with Gasteiger partial charge < -0.3 is 19.6 Å². The zero-order valence-electron chi connectivity index (χ0n) is 19.4. The van der Waals surface area contributed by atoms with Gasteiger partial charge in [0.05, 0.1) is 0 Å². The largest absolute Gasteiger partial charge is 0.451 e. The van der Waals surface area contributed by atoms with E-state index in [1.165, 1.54) is 22.6 Å². The summed E-state index contributed by atoms with van der Waals surface area (Å²) in [4.78, 5) is 16.3. The van der Waals surface area contributed by atoms with Crippen LogP contribution >= 0.6 is 24.8 Å². The molecule has 0 bridgehead atoms. The summed E-state index contributed by atoms with van der Waals surface area (Å²) in [5.74, 6) is -0.335. The number of fused-ring (bicyclic) bond motifs is 1. The van der Waals surface area contributed by atoms with Crippen molar-refractivity contribution in [1.82, 2.24) is 9.47 Å². The van der Waals surface area contributed by atoms with Crippen LogP contribution in [0.2, 0.25) is 0 Å². The summed E-state index contributed by atoms with van der Waals surface area (Å²) in [5, 5.41) is 0.909. The van der Waals surface area contributed by atoms with Gasteiger partial charge in [0.25, 0.3) is 5.91 Å². The molecule has 6 nitrogen and oxygen atoms in total. The van der Waals surface area contributed by atoms with E-state index in [0.717, 1.165) is 43.8 Å². The molecule has 1 amide bonds. The van der Waals surface area contributed by atoms with Gasteiger partial charge in [0.2, 0.25) is 0 Å². The molecule has 0 unspecified atom stereocenters. The molecule has 2 N–H and O–H groups in total. The number of furan rings is 1. The molecule has 0 saturated carbocycles. The number of anilines is 1. The fraction of sp³-hybridized carbons (Fsp3) is 0.269. The third kappa shape index (κ3) is 4.94. The number of carbonyl (C=O) groups excluding carboxylic acids is 1. The number of benzene rings is 2. The number of aryl methyl sites for hydroxylation is 1. The number of primary amides is 1. The molecule has 0 spiro atoms. The Morgan fingerprint density at radius 3 is 2.29 bits per heavy atom. The molecule has 5 rings (SSSR count). The number of amides is 1. The topological polar surface area (TPSA) is 67.6 Å². The number of carbonyl (C=O) groups is 1. The van der Waals surface area contributed by atoms with Crippen molar-refractivity contribution in [2.45, 2.75) is 20.4 Å². The van der Waals surface area contributed by atoms with E-state index in [2.05, 4.69) is 76.7 Å². The summed E-state index contributed by atoms with van der Waals surface area (Å²) in [6.07, 6.45) is 0. The van der Waals surface area contributed by atoms with Gasteiger partial charge in [0.1, 0.15) is 5.58 Å². The van der Waals surface area contributed by atoms with Gasteiger partial charge >= 0.3 is 0 Å². The summed E-state index contributed by atoms with van der Waals surface area (Å²) < 4.78 is 7.85. The average Bonchev–Trinajstić information content (AvgIpc) is 3.35. The summed E-state index contributed by atoms with van der Waals surface area (Å²) >= 11 is 0. The normalized spacial score (nSPS) is 14.0. The maximum atomic E-state index is 11.4. The number of nitrogens with zero attached hydrogens (tertiary/aromatic N) is 3. The predicted molar refractivity (Wildman–Crippen MR) is 142 cm³/mol. The summed E-state index contributed by atoms with van der Waals surface area (Å²) in [5.41, 5.74) is 12.4. The maximum absolute atomic E-state index is 11.4. The van der Waals surface area contributed by atoms with Gasteiger partial charge in [-0.3, -0.25) is 9.69 Å². The second-order valence-corrected chi connectivity index (χ2v) is 8.53. The fourth-order valence-corrected chi connectivity index (χ4v) is 4.72. The highest BCUT2D eigenvalue weighted by Crippen LogP contribution is 2.27. The van der Waals surface area contributed by atoms with E-state index in [1.807, 2.05) is 6.07 Å². The van der Waals surface area contributed by atoms with Crippen molar-refractivity contribution in [3.63, 3.8) is 0 Å². The van der Waals surface area contributed by atoms with Crippen molar-refractivity contribution in [2.75, 3.05) is 31.1 Å². The maximum Gasteiger partial charge on any atom is 0.284 e. The first-order chi connectivity index (χ1) is 15.5. The van der Waals surface area contributed by atoms with Crippen LogP contribution in [0, 0.1) is 13.8 Å². The Labute approximate surface area is 212 Å². The lowest BCUT2D eigenvalue weighted by Crippen LogP contribution is -2.46. The number of nitrogens with two attached hydrogens (primary N) is 1. The van der Waals surface area contributed by atoms with E-state index in [4.69, 9.17) is 10.2 Å². The number of halogens is 2. The van der Waals surface area contributed by atoms with Crippen LogP contribution in [0.3, 0.4) is 0 Å². The second kappa shape index (κ2) is 10.6. The lowest BCUT2D eigenvalue weighted by atomic mass is 10.1. The van der Waals surface area contributed by atoms with Crippen LogP contribution in [0.15, 0.2) is 65.1 Å². The van der Waals surface area contributed by atoms with E-state index in [1.54, 1.807) is 6.07 Å². The van der Waals surface area contributed by atoms with Crippen LogP contribution in [-0.4, -0.2) is 41.6 Å². The Bertz CT molecular complexity index is 1270. The second-order valence-electron chi connectivity index (χ2n) is 8.53. The molecule has 0 aliphatic carbocycles. The number of hydrogen-bond acceptors (Lipinski definition) is 4. The zero-order chi connectivity index (χ0) is 22.2. The highest BCUT2D eigenvalue weighted by Gasteiger charge is 2.20. The molecular weight excluding hydrogens is 471 g/mol. The first-order valence-electron chi connectivity index (χ1n) is 11.0. The minimum absolute atomic E-state index is 0. The highest BCUT2D eigenvalue weighted by atomic mass is 35.5. The minimum Gasteiger partial charge on any atom is -0.451 e. The molecule has 2 aromatic heterocycles. The first kappa shape index (κ1) is 25.7. The van der Waals surface area contributed by atoms with Crippen LogP contribution < -0.4 is 10.6 Å². The summed E-state index contributed by atoms with van der Waals surface area (Å²) in [6.45, 7) is 9.29. The average molecular weight is 501 g/mol. The van der Waals surface area contributed by atoms with Crippen LogP contribution in [0.25, 0.3) is 16.7 Å². The molecule has 1 saturated heterocycles. The number of rotatable bonds is 5. The van der Waals surface area contributed by atoms with Crippen LogP contribution in [0.5, 0.6) is 0 Å². The highest BCUT2D eigenvalue weighted by molar-refractivity contribution is 5.95. The van der Waals surface area contributed by atoms with E-state index in [0.29, 0.717) is 5.58 Å². The molecule has 1 aliphatic heterocycles. The molecule has 34 heavy (non-hydrogen) atoms. The van der Waals surface area contributed by atoms with Crippen molar-refractivity contribution >= 4 is 47.4 Å². The number of piperazine rings is 1. The zero-order valence-corrected chi connectivity index (χ0v) is 21.0. The van der Waals surface area contributed by atoms with E-state index in [9.17, 15) is 4.79 Å². The molecule has 4 aromatic rings. The molecule has 2 aromatic carbocycles. The molecule has 1 aliphatic rings. The predicted octanol–water partition coefficient (Wildman–Crippen LogP) is 5.11. The lowest BCUT2D eigenvalue weighted by molar-refractivity contribution is 0.0976. The fourth-order valence-electron chi connectivity index (χ4n) is 4.72. The van der Waals surface area contributed by atoms with E-state index >= 15 is 0 Å². The van der Waals surface area contributed by atoms with Crippen molar-refractivity contribution in [2.24, 2.45) is 5.73 Å². The third-order valence-corrected chi connectivity index (χ3v) is 6.42. The molecule has 8 heteroatoms. The van der Waals surface area contributed by atoms with Gasteiger partial charge in [-0.2, -0.15) is 0 Å². The Hall–Kier alpha value is -2.93. The molecule has 0 atom stereocenters. The van der Waals surface area contributed by atoms with E-state index < -0.39 is 5.91 Å². The van der Waals surface area contributed by atoms with Crippen LogP contribution in [0.4, 0.5) is 5.69 Å². The van der Waals surface area contributed by atoms with Crippen LogP contribution in [-0.2, 0) is 6.54 Å². The van der Waals surface area contributed by atoms with Gasteiger partial charge in [-0.05, 0) is 61.9 Å². The Kier molecular flexibility index (Phi) is 7.97. The third-order valence-electron chi connectivity index (χ3n) is 6.42. The number of hydrogen-bond donors (Lipinski definition) is 1. The first-order valence-corrected chi connectivity index (χ1v) is 11.0. The summed E-state index contributed by atoms with van der Waals surface area (Å²) in [6, 6.07) is 20.6. The van der Waals surface area contributed by atoms with Crippen molar-refractivity contribution in [3.05, 3.63) is 83.4 Å². The smallest absolute Gasteiger partial charge is 0.284 e.